The molecule has 15 heavy (non-hydrogen) atoms. The zero-order chi connectivity index (χ0) is 10.7. The van der Waals surface area contributed by atoms with E-state index in [4.69, 9.17) is 11.6 Å². The highest BCUT2D eigenvalue weighted by atomic mass is 35.5. The van der Waals surface area contributed by atoms with Crippen molar-refractivity contribution >= 4 is 11.6 Å². The van der Waals surface area contributed by atoms with Crippen LogP contribution >= 0.6 is 11.6 Å². The lowest BCUT2D eigenvalue weighted by molar-refractivity contribution is 0.681. The summed E-state index contributed by atoms with van der Waals surface area (Å²) in [5.74, 6) is 0.619. The van der Waals surface area contributed by atoms with Crippen molar-refractivity contribution in [2.45, 2.75) is 19.9 Å². The van der Waals surface area contributed by atoms with Gasteiger partial charge in [-0.2, -0.15) is 0 Å². The fourth-order valence-electron chi connectivity index (χ4n) is 1.39. The van der Waals surface area contributed by atoms with Gasteiger partial charge in [-0.3, -0.25) is 0 Å². The zero-order valence-corrected chi connectivity index (χ0v) is 9.15. The first-order valence-electron chi connectivity index (χ1n) is 4.80. The summed E-state index contributed by atoms with van der Waals surface area (Å²) in [5, 5.41) is 0.448. The van der Waals surface area contributed by atoms with Crippen LogP contribution in [0.4, 0.5) is 0 Å². The number of imidazole rings is 1. The number of aryl methyl sites for hydroxylation is 1. The lowest BCUT2D eigenvalue weighted by Gasteiger charge is -2.04. The van der Waals surface area contributed by atoms with Gasteiger partial charge < -0.3 is 4.57 Å². The van der Waals surface area contributed by atoms with Crippen molar-refractivity contribution in [2.24, 2.45) is 0 Å². The van der Waals surface area contributed by atoms with E-state index < -0.39 is 0 Å². The van der Waals surface area contributed by atoms with E-state index in [2.05, 4.69) is 21.9 Å². The van der Waals surface area contributed by atoms with Crippen molar-refractivity contribution in [3.63, 3.8) is 0 Å². The smallest absolute Gasteiger partial charge is 0.179 e. The lowest BCUT2D eigenvalue weighted by atomic mass is 10.4. The Kier molecular flexibility index (Phi) is 2.97. The van der Waals surface area contributed by atoms with Crippen LogP contribution in [0, 0.1) is 0 Å². The molecule has 0 saturated carbocycles. The van der Waals surface area contributed by atoms with Gasteiger partial charge in [0.15, 0.2) is 5.82 Å². The van der Waals surface area contributed by atoms with Crippen molar-refractivity contribution < 1.29 is 0 Å². The highest BCUT2D eigenvalue weighted by Gasteiger charge is 2.07. The third-order valence-corrected chi connectivity index (χ3v) is 2.24. The minimum Gasteiger partial charge on any atom is -0.328 e. The molecule has 0 unspecified atom stereocenters. The molecule has 0 fully saturated rings. The van der Waals surface area contributed by atoms with Crippen molar-refractivity contribution in [1.29, 1.82) is 0 Å². The van der Waals surface area contributed by atoms with E-state index in [1.54, 1.807) is 24.8 Å². The molecule has 0 amide bonds. The summed E-state index contributed by atoms with van der Waals surface area (Å²) >= 11 is 5.81. The number of rotatable bonds is 3. The fraction of sp³-hybridized carbons (Fsp3) is 0.300. The van der Waals surface area contributed by atoms with Crippen LogP contribution in [0.5, 0.6) is 0 Å². The van der Waals surface area contributed by atoms with Crippen molar-refractivity contribution in [3.05, 3.63) is 29.9 Å². The van der Waals surface area contributed by atoms with Gasteiger partial charge in [0.2, 0.25) is 0 Å². The molecule has 2 heterocycles. The van der Waals surface area contributed by atoms with E-state index in [1.807, 2.05) is 4.57 Å². The van der Waals surface area contributed by atoms with Gasteiger partial charge in [0.25, 0.3) is 0 Å². The van der Waals surface area contributed by atoms with Gasteiger partial charge >= 0.3 is 0 Å². The van der Waals surface area contributed by atoms with Gasteiger partial charge in [0, 0.05) is 12.7 Å². The molecule has 0 atom stereocenters. The Morgan fingerprint density at radius 3 is 3.07 bits per heavy atom. The molecule has 2 rings (SSSR count). The third kappa shape index (κ3) is 2.15. The highest BCUT2D eigenvalue weighted by Crippen LogP contribution is 2.16. The molecule has 0 radical (unpaired) electrons. The number of hydrogen-bond donors (Lipinski definition) is 0. The largest absolute Gasteiger partial charge is 0.328 e. The van der Waals surface area contributed by atoms with Crippen LogP contribution in [0.15, 0.2) is 24.8 Å². The standard InChI is InChI=1S/C10H11ClN4/c1-2-5-15-7-12-6-8(15)10-13-4-3-9(11)14-10/h3-4,6-7H,2,5H2,1H3. The van der Waals surface area contributed by atoms with Crippen molar-refractivity contribution in [3.8, 4) is 11.5 Å². The molecule has 5 heteroatoms. The predicted octanol–water partition coefficient (Wildman–Crippen LogP) is 2.40. The average molecular weight is 223 g/mol. The molecule has 78 valence electrons. The Bertz CT molecular complexity index is 452. The summed E-state index contributed by atoms with van der Waals surface area (Å²) in [6, 6.07) is 1.66. The van der Waals surface area contributed by atoms with Crippen LogP contribution in [0.1, 0.15) is 13.3 Å². The van der Waals surface area contributed by atoms with E-state index in [-0.39, 0.29) is 0 Å². The van der Waals surface area contributed by atoms with Gasteiger partial charge in [-0.1, -0.05) is 18.5 Å². The van der Waals surface area contributed by atoms with Crippen molar-refractivity contribution in [1.82, 2.24) is 19.5 Å². The summed E-state index contributed by atoms with van der Waals surface area (Å²) in [5.41, 5.74) is 0.902. The first kappa shape index (κ1) is 10.1. The number of nitrogens with zero attached hydrogens (tertiary/aromatic N) is 4. The molecule has 0 aromatic carbocycles. The summed E-state index contributed by atoms with van der Waals surface area (Å²) in [4.78, 5) is 12.4. The minimum absolute atomic E-state index is 0.448. The second kappa shape index (κ2) is 4.40. The van der Waals surface area contributed by atoms with E-state index in [9.17, 15) is 0 Å². The Hall–Kier alpha value is -1.42. The van der Waals surface area contributed by atoms with E-state index in [1.165, 1.54) is 0 Å². The van der Waals surface area contributed by atoms with E-state index in [0.717, 1.165) is 18.7 Å². The van der Waals surface area contributed by atoms with Crippen LogP contribution in [0.2, 0.25) is 5.15 Å². The summed E-state index contributed by atoms with van der Waals surface area (Å²) in [6.07, 6.45) is 6.22. The van der Waals surface area contributed by atoms with Crippen LogP contribution < -0.4 is 0 Å². The second-order valence-corrected chi connectivity index (χ2v) is 3.56. The SMILES string of the molecule is CCCn1cncc1-c1nccc(Cl)n1. The molecule has 0 saturated heterocycles. The average Bonchev–Trinajstić information content (AvgIpc) is 2.66. The molecule has 0 N–H and O–H groups in total. The Balaban J connectivity index is 2.40. The second-order valence-electron chi connectivity index (χ2n) is 3.18. The molecular formula is C10H11ClN4. The minimum atomic E-state index is 0.448. The summed E-state index contributed by atoms with van der Waals surface area (Å²) < 4.78 is 2.02. The first-order valence-corrected chi connectivity index (χ1v) is 5.18. The van der Waals surface area contributed by atoms with Gasteiger partial charge in [0.05, 0.1) is 12.5 Å². The predicted molar refractivity (Wildman–Crippen MR) is 58.6 cm³/mol. The Labute approximate surface area is 93.0 Å². The Morgan fingerprint density at radius 1 is 1.47 bits per heavy atom. The fourth-order valence-corrected chi connectivity index (χ4v) is 1.52. The monoisotopic (exact) mass is 222 g/mol. The topological polar surface area (TPSA) is 43.6 Å². The first-order chi connectivity index (χ1) is 7.31. The zero-order valence-electron chi connectivity index (χ0n) is 8.39. The molecule has 0 spiro atoms. The maximum atomic E-state index is 5.81. The van der Waals surface area contributed by atoms with Gasteiger partial charge in [0.1, 0.15) is 10.8 Å². The van der Waals surface area contributed by atoms with Crippen LogP contribution in [-0.2, 0) is 6.54 Å². The summed E-state index contributed by atoms with van der Waals surface area (Å²) in [6.45, 7) is 3.02. The highest BCUT2D eigenvalue weighted by molar-refractivity contribution is 6.29. The van der Waals surface area contributed by atoms with E-state index in [0.29, 0.717) is 11.0 Å². The lowest BCUT2D eigenvalue weighted by Crippen LogP contribution is -1.99. The number of aromatic nitrogens is 4. The number of hydrogen-bond acceptors (Lipinski definition) is 3. The van der Waals surface area contributed by atoms with Gasteiger partial charge in [-0.15, -0.1) is 0 Å². The molecule has 0 aliphatic heterocycles. The quantitative estimate of drug-likeness (QED) is 0.749. The van der Waals surface area contributed by atoms with Gasteiger partial charge in [-0.05, 0) is 12.5 Å². The molecule has 4 nitrogen and oxygen atoms in total. The Morgan fingerprint density at radius 2 is 2.33 bits per heavy atom. The van der Waals surface area contributed by atoms with E-state index >= 15 is 0 Å². The summed E-state index contributed by atoms with van der Waals surface area (Å²) in [7, 11) is 0. The molecule has 0 bridgehead atoms. The molecule has 2 aromatic heterocycles. The third-order valence-electron chi connectivity index (χ3n) is 2.03. The molecule has 0 aliphatic carbocycles. The van der Waals surface area contributed by atoms with Crippen LogP contribution in [0.3, 0.4) is 0 Å². The van der Waals surface area contributed by atoms with Crippen LogP contribution in [0.25, 0.3) is 11.5 Å². The molecule has 0 aliphatic rings. The number of halogens is 1. The normalized spacial score (nSPS) is 10.5. The maximum Gasteiger partial charge on any atom is 0.179 e. The molecule has 2 aromatic rings. The molecular weight excluding hydrogens is 212 g/mol. The van der Waals surface area contributed by atoms with Gasteiger partial charge in [-0.25, -0.2) is 15.0 Å². The maximum absolute atomic E-state index is 5.81. The van der Waals surface area contributed by atoms with Crippen LogP contribution in [-0.4, -0.2) is 19.5 Å². The van der Waals surface area contributed by atoms with Crippen molar-refractivity contribution in [2.75, 3.05) is 0 Å².